The Hall–Kier alpha value is -0.870. The summed E-state index contributed by atoms with van der Waals surface area (Å²) < 4.78 is 0. The fraction of sp³-hybridized carbons (Fsp3) is 0.667. The third-order valence-corrected chi connectivity index (χ3v) is 3.02. The van der Waals surface area contributed by atoms with Gasteiger partial charge in [-0.25, -0.2) is 9.97 Å². The molecule has 0 atom stereocenters. The van der Waals surface area contributed by atoms with Crippen LogP contribution < -0.4 is 5.32 Å². The maximum Gasteiger partial charge on any atom is 0.135 e. The first-order valence-corrected chi connectivity index (χ1v) is 6.27. The Morgan fingerprint density at radius 3 is 2.76 bits per heavy atom. The lowest BCUT2D eigenvalue weighted by Gasteiger charge is -2.22. The third-order valence-electron chi connectivity index (χ3n) is 2.83. The molecular weight excluding hydrogens is 238 g/mol. The zero-order chi connectivity index (χ0) is 12.5. The van der Waals surface area contributed by atoms with Gasteiger partial charge in [0.25, 0.3) is 0 Å². The van der Waals surface area contributed by atoms with Crippen LogP contribution in [-0.4, -0.2) is 28.2 Å². The molecule has 2 rings (SSSR count). The number of anilines is 1. The van der Waals surface area contributed by atoms with Gasteiger partial charge in [0.05, 0.1) is 0 Å². The molecule has 0 unspecified atom stereocenters. The molecule has 94 valence electrons. The SMILES string of the molecule is CC(C)(CO)CNc1cc(Cl)nc(C2CC2)n1. The Bertz CT molecular complexity index is 405. The molecule has 1 saturated carbocycles. The van der Waals surface area contributed by atoms with E-state index in [0.717, 1.165) is 24.5 Å². The van der Waals surface area contributed by atoms with Crippen LogP contribution in [0.2, 0.25) is 5.15 Å². The highest BCUT2D eigenvalue weighted by Gasteiger charge is 2.27. The van der Waals surface area contributed by atoms with Crippen molar-refractivity contribution in [2.45, 2.75) is 32.6 Å². The van der Waals surface area contributed by atoms with Gasteiger partial charge in [-0.05, 0) is 12.8 Å². The Balaban J connectivity index is 2.05. The first kappa shape index (κ1) is 12.6. The molecule has 17 heavy (non-hydrogen) atoms. The third kappa shape index (κ3) is 3.54. The molecule has 5 heteroatoms. The highest BCUT2D eigenvalue weighted by molar-refractivity contribution is 6.29. The minimum absolute atomic E-state index is 0.133. The fourth-order valence-corrected chi connectivity index (χ4v) is 1.63. The van der Waals surface area contributed by atoms with Gasteiger partial charge in [0, 0.05) is 30.6 Å². The van der Waals surface area contributed by atoms with Crippen molar-refractivity contribution in [1.29, 1.82) is 0 Å². The molecule has 0 amide bonds. The molecule has 0 spiro atoms. The van der Waals surface area contributed by atoms with Gasteiger partial charge in [0.1, 0.15) is 16.8 Å². The van der Waals surface area contributed by atoms with Crippen molar-refractivity contribution < 1.29 is 5.11 Å². The quantitative estimate of drug-likeness (QED) is 0.794. The first-order valence-electron chi connectivity index (χ1n) is 5.89. The number of nitrogens with one attached hydrogen (secondary N) is 1. The summed E-state index contributed by atoms with van der Waals surface area (Å²) in [6, 6.07) is 1.72. The molecule has 0 aliphatic heterocycles. The van der Waals surface area contributed by atoms with E-state index in [9.17, 15) is 5.11 Å². The minimum atomic E-state index is -0.169. The largest absolute Gasteiger partial charge is 0.396 e. The molecule has 0 saturated heterocycles. The van der Waals surface area contributed by atoms with Crippen molar-refractivity contribution >= 4 is 17.4 Å². The summed E-state index contributed by atoms with van der Waals surface area (Å²) in [4.78, 5) is 8.67. The predicted molar refractivity (Wildman–Crippen MR) is 68.4 cm³/mol. The van der Waals surface area contributed by atoms with E-state index in [-0.39, 0.29) is 12.0 Å². The van der Waals surface area contributed by atoms with Crippen molar-refractivity contribution in [3.05, 3.63) is 17.0 Å². The summed E-state index contributed by atoms with van der Waals surface area (Å²) in [5, 5.41) is 12.9. The van der Waals surface area contributed by atoms with Crippen LogP contribution in [0.15, 0.2) is 6.07 Å². The number of nitrogens with zero attached hydrogens (tertiary/aromatic N) is 2. The Morgan fingerprint density at radius 2 is 2.18 bits per heavy atom. The van der Waals surface area contributed by atoms with Gasteiger partial charge in [-0.1, -0.05) is 25.4 Å². The summed E-state index contributed by atoms with van der Waals surface area (Å²) in [5.41, 5.74) is -0.169. The van der Waals surface area contributed by atoms with Crippen molar-refractivity contribution in [3.8, 4) is 0 Å². The van der Waals surface area contributed by atoms with E-state index in [1.807, 2.05) is 13.8 Å². The van der Waals surface area contributed by atoms with E-state index in [4.69, 9.17) is 11.6 Å². The van der Waals surface area contributed by atoms with Gasteiger partial charge in [0.2, 0.25) is 0 Å². The normalized spacial score (nSPS) is 16.0. The topological polar surface area (TPSA) is 58.0 Å². The Kier molecular flexibility index (Phi) is 3.54. The van der Waals surface area contributed by atoms with Crippen LogP contribution in [0.5, 0.6) is 0 Å². The van der Waals surface area contributed by atoms with E-state index < -0.39 is 0 Å². The Morgan fingerprint density at radius 1 is 1.47 bits per heavy atom. The minimum Gasteiger partial charge on any atom is -0.396 e. The van der Waals surface area contributed by atoms with Crippen molar-refractivity contribution in [2.24, 2.45) is 5.41 Å². The van der Waals surface area contributed by atoms with Crippen molar-refractivity contribution in [3.63, 3.8) is 0 Å². The van der Waals surface area contributed by atoms with E-state index in [0.29, 0.717) is 17.6 Å². The average molecular weight is 256 g/mol. The molecule has 0 bridgehead atoms. The summed E-state index contributed by atoms with van der Waals surface area (Å²) in [6.45, 7) is 4.77. The van der Waals surface area contributed by atoms with E-state index in [1.165, 1.54) is 0 Å². The number of halogens is 1. The van der Waals surface area contributed by atoms with Crippen molar-refractivity contribution in [1.82, 2.24) is 9.97 Å². The summed E-state index contributed by atoms with van der Waals surface area (Å²) in [7, 11) is 0. The van der Waals surface area contributed by atoms with Gasteiger partial charge >= 0.3 is 0 Å². The second-order valence-corrected chi connectivity index (χ2v) is 5.77. The van der Waals surface area contributed by atoms with Crippen molar-refractivity contribution in [2.75, 3.05) is 18.5 Å². The van der Waals surface area contributed by atoms with Gasteiger partial charge < -0.3 is 10.4 Å². The monoisotopic (exact) mass is 255 g/mol. The van der Waals surface area contributed by atoms with Gasteiger partial charge in [0.15, 0.2) is 0 Å². The summed E-state index contributed by atoms with van der Waals surface area (Å²) in [6.07, 6.45) is 2.31. The maximum absolute atomic E-state index is 9.18. The predicted octanol–water partition coefficient (Wildman–Crippen LogP) is 2.44. The van der Waals surface area contributed by atoms with Gasteiger partial charge in [-0.2, -0.15) is 0 Å². The second-order valence-electron chi connectivity index (χ2n) is 5.38. The lowest BCUT2D eigenvalue weighted by molar-refractivity contribution is 0.170. The van der Waals surface area contributed by atoms with Crippen LogP contribution in [0.1, 0.15) is 38.4 Å². The molecule has 1 fully saturated rings. The van der Waals surface area contributed by atoms with Crippen LogP contribution in [0, 0.1) is 5.41 Å². The molecule has 4 nitrogen and oxygen atoms in total. The lowest BCUT2D eigenvalue weighted by atomic mass is 9.95. The van der Waals surface area contributed by atoms with Crippen LogP contribution in [0.3, 0.4) is 0 Å². The molecule has 1 aliphatic carbocycles. The number of rotatable bonds is 5. The molecule has 1 aliphatic rings. The number of aliphatic hydroxyl groups is 1. The van der Waals surface area contributed by atoms with E-state index in [2.05, 4.69) is 15.3 Å². The molecule has 1 aromatic rings. The number of aromatic nitrogens is 2. The number of hydrogen-bond donors (Lipinski definition) is 2. The molecule has 1 heterocycles. The lowest BCUT2D eigenvalue weighted by Crippen LogP contribution is -2.27. The number of hydrogen-bond acceptors (Lipinski definition) is 4. The molecule has 2 N–H and O–H groups in total. The molecule has 0 aromatic carbocycles. The van der Waals surface area contributed by atoms with E-state index >= 15 is 0 Å². The van der Waals surface area contributed by atoms with Gasteiger partial charge in [-0.15, -0.1) is 0 Å². The van der Waals surface area contributed by atoms with Crippen LogP contribution in [0.4, 0.5) is 5.82 Å². The summed E-state index contributed by atoms with van der Waals surface area (Å²) >= 11 is 5.97. The molecular formula is C12H18ClN3O. The molecule has 1 aromatic heterocycles. The fourth-order valence-electron chi connectivity index (χ4n) is 1.44. The smallest absolute Gasteiger partial charge is 0.135 e. The zero-order valence-electron chi connectivity index (χ0n) is 10.2. The van der Waals surface area contributed by atoms with Crippen LogP contribution in [0.25, 0.3) is 0 Å². The standard InChI is InChI=1S/C12H18ClN3O/c1-12(2,7-17)6-14-10-5-9(13)15-11(16-10)8-3-4-8/h5,8,17H,3-4,6-7H2,1-2H3,(H,14,15,16). The molecule has 0 radical (unpaired) electrons. The number of aliphatic hydroxyl groups excluding tert-OH is 1. The zero-order valence-corrected chi connectivity index (χ0v) is 11.0. The highest BCUT2D eigenvalue weighted by atomic mass is 35.5. The van der Waals surface area contributed by atoms with Gasteiger partial charge in [-0.3, -0.25) is 0 Å². The second kappa shape index (κ2) is 4.78. The Labute approximate surface area is 106 Å². The average Bonchev–Trinajstić information content (AvgIpc) is 3.10. The van der Waals surface area contributed by atoms with Crippen LogP contribution >= 0.6 is 11.6 Å². The van der Waals surface area contributed by atoms with E-state index in [1.54, 1.807) is 6.07 Å². The van der Waals surface area contributed by atoms with Crippen LogP contribution in [-0.2, 0) is 0 Å². The summed E-state index contributed by atoms with van der Waals surface area (Å²) in [5.74, 6) is 2.07. The first-order chi connectivity index (χ1) is 8.00. The highest BCUT2D eigenvalue weighted by Crippen LogP contribution is 2.38. The maximum atomic E-state index is 9.18.